The molecular weight excluding hydrogens is 817 g/mol. The van der Waals surface area contributed by atoms with E-state index in [1.165, 1.54) is 12.7 Å². The highest BCUT2D eigenvalue weighted by Crippen LogP contribution is 2.36. The molecule has 1 unspecified atom stereocenters. The number of rotatable bonds is 13. The molecule has 0 aliphatic carbocycles. The van der Waals surface area contributed by atoms with Crippen molar-refractivity contribution in [3.63, 3.8) is 0 Å². The van der Waals surface area contributed by atoms with Gasteiger partial charge in [0.25, 0.3) is 0 Å². The second-order valence-electron chi connectivity index (χ2n) is 18.8. The molecule has 4 atom stereocenters. The molecule has 8 rings (SSSR count). The maximum Gasteiger partial charge on any atom is 0.407 e. The number of amides is 3. The number of hydrogen-bond donors (Lipinski definition) is 3. The molecule has 65 heavy (non-hydrogen) atoms. The van der Waals surface area contributed by atoms with E-state index in [1.54, 1.807) is 0 Å². The monoisotopic (exact) mass is 877 g/mol. The standard InChI is InChI=1S/C51H61N10O4/c1-9-32(4)28-43(62)59-26-10-12-41(59)45-52-29-39(54-45)33-14-18-35(19-15-33)47-57-58-48(61(47)38-24-22-37(23-25-38)51(5,6)7)36-20-16-34(17-21-36)40-30-53-46(55-40)42-13-11-27-60(42)49(63)44(31(2)3)56-50(64)65-8/h14-25,28-32,41-42,44H,9-13,26-27H2,1-8H3,(H,52,54)(H,53,55)(H,56,64)/t32?,41-,42-,44-/m0/s1. The second-order valence-corrected chi connectivity index (χ2v) is 18.8. The van der Waals surface area contributed by atoms with Gasteiger partial charge < -0.3 is 29.8 Å². The molecule has 2 aliphatic heterocycles. The van der Waals surface area contributed by atoms with Gasteiger partial charge in [0, 0.05) is 53.4 Å². The average Bonchev–Trinajstić information content (AvgIpc) is 4.17. The average molecular weight is 878 g/mol. The summed E-state index contributed by atoms with van der Waals surface area (Å²) in [7, 11) is 1.29. The summed E-state index contributed by atoms with van der Waals surface area (Å²) in [6.07, 6.45) is 9.38. The van der Waals surface area contributed by atoms with Crippen LogP contribution in [0.15, 0.2) is 85.2 Å². The zero-order chi connectivity index (χ0) is 46.0. The Kier molecular flexibility index (Phi) is 13.1. The summed E-state index contributed by atoms with van der Waals surface area (Å²) in [5.74, 6) is 2.97. The van der Waals surface area contributed by atoms with Gasteiger partial charge in [-0.2, -0.15) is 0 Å². The number of methoxy groups -OCH3 is 1. The minimum atomic E-state index is -0.704. The number of nitrogens with zero attached hydrogens (tertiary/aromatic N) is 7. The number of carbonyl (C=O) groups excluding carboxylic acids is 3. The molecule has 6 aromatic rings. The summed E-state index contributed by atoms with van der Waals surface area (Å²) < 4.78 is 6.90. The van der Waals surface area contributed by atoms with E-state index in [1.807, 2.05) is 66.7 Å². The third-order valence-corrected chi connectivity index (χ3v) is 12.9. The molecule has 2 aliphatic rings. The van der Waals surface area contributed by atoms with E-state index in [9.17, 15) is 14.4 Å². The second kappa shape index (κ2) is 18.9. The number of alkyl carbamates (subject to hydrolysis) is 1. The highest BCUT2D eigenvalue weighted by molar-refractivity contribution is 5.87. The topological polar surface area (TPSA) is 167 Å². The van der Waals surface area contributed by atoms with Crippen LogP contribution in [0, 0.1) is 18.3 Å². The highest BCUT2D eigenvalue weighted by Gasteiger charge is 2.38. The smallest absolute Gasteiger partial charge is 0.407 e. The number of ether oxygens (including phenoxy) is 1. The summed E-state index contributed by atoms with van der Waals surface area (Å²) in [5, 5.41) is 12.3. The fourth-order valence-electron chi connectivity index (χ4n) is 8.87. The Morgan fingerprint density at radius 2 is 1.25 bits per heavy atom. The zero-order valence-corrected chi connectivity index (χ0v) is 38.8. The number of imidazole rings is 2. The van der Waals surface area contributed by atoms with Crippen molar-refractivity contribution in [3.8, 4) is 51.0 Å². The van der Waals surface area contributed by atoms with Crippen molar-refractivity contribution in [2.75, 3.05) is 20.2 Å². The number of hydrogen-bond acceptors (Lipinski definition) is 8. The Bertz CT molecular complexity index is 2600. The van der Waals surface area contributed by atoms with Gasteiger partial charge in [0.15, 0.2) is 11.6 Å². The van der Waals surface area contributed by atoms with Crippen molar-refractivity contribution in [1.29, 1.82) is 0 Å². The predicted molar refractivity (Wildman–Crippen MR) is 251 cm³/mol. The van der Waals surface area contributed by atoms with Gasteiger partial charge in [0.2, 0.25) is 11.8 Å². The van der Waals surface area contributed by atoms with E-state index in [0.29, 0.717) is 24.0 Å². The lowest BCUT2D eigenvalue weighted by molar-refractivity contribution is -0.135. The molecular formula is C51H61N10O4. The first-order valence-corrected chi connectivity index (χ1v) is 22.9. The van der Waals surface area contributed by atoms with Crippen LogP contribution in [0.1, 0.15) is 110 Å². The van der Waals surface area contributed by atoms with Gasteiger partial charge in [-0.1, -0.05) is 116 Å². The molecule has 2 fully saturated rings. The fourth-order valence-corrected chi connectivity index (χ4v) is 8.87. The Morgan fingerprint density at radius 3 is 1.72 bits per heavy atom. The highest BCUT2D eigenvalue weighted by atomic mass is 16.5. The van der Waals surface area contributed by atoms with Crippen molar-refractivity contribution < 1.29 is 19.1 Å². The molecule has 3 aromatic heterocycles. The SMILES string of the molecule is CCC(C)[CH]C(=O)N1CCC[C@H]1c1nc(-c2ccc(-c3nnc(-c4ccc(-c5c[nH]c([C@@H]6CCCN6C(=O)[C@@H](NC(=O)OC)C(C)C)n5)cc4)n3-c3ccc(C(C)(C)C)cc3)cc2)c[nH]1. The first-order valence-electron chi connectivity index (χ1n) is 22.9. The lowest BCUT2D eigenvalue weighted by Gasteiger charge is -2.29. The van der Waals surface area contributed by atoms with Crippen molar-refractivity contribution >= 4 is 17.9 Å². The summed E-state index contributed by atoms with van der Waals surface area (Å²) in [4.78, 5) is 59.3. The molecule has 5 heterocycles. The molecule has 3 aromatic carbocycles. The summed E-state index contributed by atoms with van der Waals surface area (Å²) in [6, 6.07) is 23.9. The van der Waals surface area contributed by atoms with Crippen LogP contribution in [-0.2, 0) is 19.7 Å². The molecule has 339 valence electrons. The lowest BCUT2D eigenvalue weighted by atomic mass is 9.87. The molecule has 0 spiro atoms. The van der Waals surface area contributed by atoms with Crippen LogP contribution in [-0.4, -0.2) is 88.6 Å². The molecule has 2 saturated heterocycles. The van der Waals surface area contributed by atoms with Crippen molar-refractivity contribution in [1.82, 2.24) is 49.8 Å². The lowest BCUT2D eigenvalue weighted by Crippen LogP contribution is -2.51. The largest absolute Gasteiger partial charge is 0.453 e. The number of carbonyl (C=O) groups is 3. The van der Waals surface area contributed by atoms with Crippen LogP contribution in [0.5, 0.6) is 0 Å². The fraction of sp³-hybridized carbons (Fsp3) is 0.412. The van der Waals surface area contributed by atoms with E-state index >= 15 is 0 Å². The molecule has 14 nitrogen and oxygen atoms in total. The van der Waals surface area contributed by atoms with E-state index in [-0.39, 0.29) is 41.1 Å². The Morgan fingerprint density at radius 1 is 0.754 bits per heavy atom. The minimum Gasteiger partial charge on any atom is -0.453 e. The third kappa shape index (κ3) is 9.48. The van der Waals surface area contributed by atoms with Gasteiger partial charge >= 0.3 is 6.09 Å². The predicted octanol–water partition coefficient (Wildman–Crippen LogP) is 9.64. The Labute approximate surface area is 381 Å². The molecule has 14 heteroatoms. The number of likely N-dealkylation sites (tertiary alicyclic amines) is 2. The first-order chi connectivity index (χ1) is 31.2. The normalized spacial score (nSPS) is 17.4. The molecule has 3 amide bonds. The van der Waals surface area contributed by atoms with Crippen molar-refractivity contribution in [2.45, 2.75) is 104 Å². The number of aromatic nitrogens is 7. The van der Waals surface area contributed by atoms with Crippen LogP contribution in [0.2, 0.25) is 0 Å². The molecule has 0 saturated carbocycles. The quantitative estimate of drug-likeness (QED) is 0.103. The maximum absolute atomic E-state index is 13.7. The van der Waals surface area contributed by atoms with Crippen LogP contribution in [0.4, 0.5) is 4.79 Å². The van der Waals surface area contributed by atoms with Crippen LogP contribution in [0.25, 0.3) is 51.0 Å². The van der Waals surface area contributed by atoms with Gasteiger partial charge in [-0.15, -0.1) is 10.2 Å². The first kappa shape index (κ1) is 45.0. The van der Waals surface area contributed by atoms with E-state index in [0.717, 1.165) is 83.8 Å². The third-order valence-electron chi connectivity index (χ3n) is 12.9. The van der Waals surface area contributed by atoms with Crippen LogP contribution < -0.4 is 5.32 Å². The van der Waals surface area contributed by atoms with Crippen molar-refractivity contribution in [3.05, 3.63) is 109 Å². The van der Waals surface area contributed by atoms with Crippen LogP contribution in [0.3, 0.4) is 0 Å². The number of H-pyrrole nitrogens is 2. The van der Waals surface area contributed by atoms with Gasteiger partial charge in [0.1, 0.15) is 17.7 Å². The van der Waals surface area contributed by atoms with E-state index in [4.69, 9.17) is 24.9 Å². The zero-order valence-electron chi connectivity index (χ0n) is 38.8. The van der Waals surface area contributed by atoms with Gasteiger partial charge in [-0.3, -0.25) is 14.2 Å². The van der Waals surface area contributed by atoms with Gasteiger partial charge in [-0.25, -0.2) is 14.8 Å². The number of nitrogens with one attached hydrogen (secondary N) is 3. The number of aromatic amines is 2. The summed E-state index contributed by atoms with van der Waals surface area (Å²) >= 11 is 0. The van der Waals surface area contributed by atoms with Gasteiger partial charge in [0.05, 0.1) is 37.0 Å². The summed E-state index contributed by atoms with van der Waals surface area (Å²) in [6.45, 7) is 15.9. The minimum absolute atomic E-state index is 0.0112. The Hall–Kier alpha value is -6.57. The molecule has 0 bridgehead atoms. The van der Waals surface area contributed by atoms with Gasteiger partial charge in [-0.05, 0) is 60.6 Å². The molecule has 1 radical (unpaired) electrons. The van der Waals surface area contributed by atoms with E-state index < -0.39 is 12.1 Å². The van der Waals surface area contributed by atoms with Crippen LogP contribution >= 0.6 is 0 Å². The number of benzene rings is 3. The Balaban J connectivity index is 1.05. The maximum atomic E-state index is 13.7. The van der Waals surface area contributed by atoms with E-state index in [2.05, 4.69) is 103 Å². The molecule has 3 N–H and O–H groups in total. The van der Waals surface area contributed by atoms with Crippen molar-refractivity contribution in [2.24, 2.45) is 11.8 Å². The summed E-state index contributed by atoms with van der Waals surface area (Å²) in [5.41, 5.74) is 7.39.